The van der Waals surface area contributed by atoms with Gasteiger partial charge < -0.3 is 10.2 Å². The molecule has 4 saturated carbocycles. The van der Waals surface area contributed by atoms with Crippen LogP contribution in [0.25, 0.3) is 0 Å². The summed E-state index contributed by atoms with van der Waals surface area (Å²) in [4.78, 5) is 27.6. The highest BCUT2D eigenvalue weighted by molar-refractivity contribution is 6.30. The lowest BCUT2D eigenvalue weighted by atomic mass is 9.48. The summed E-state index contributed by atoms with van der Waals surface area (Å²) in [5.74, 6) is 2.97. The first-order valence-corrected chi connectivity index (χ1v) is 12.1. The Hall–Kier alpha value is -1.55. The highest BCUT2D eigenvalue weighted by Gasteiger charge is 2.53. The van der Waals surface area contributed by atoms with Crippen LogP contribution in [0.5, 0.6) is 0 Å². The van der Waals surface area contributed by atoms with E-state index in [0.717, 1.165) is 30.6 Å². The molecule has 0 radical (unpaired) electrons. The number of piperidine rings is 1. The first-order chi connectivity index (χ1) is 14.4. The standard InChI is InChI=1S/C25H33ClN2O2/c1-16(25-13-17-10-18(14-25)12-19(11-17)15-25)27-23(29)20-6-8-28(9-7-20)24(30)21-2-4-22(26)5-3-21/h2-5,16-20H,6-15H2,1H3,(H,27,29)/t16-,17?,18?,19?,25?/m1/s1. The number of halogens is 1. The molecule has 0 spiro atoms. The van der Waals surface area contributed by atoms with Crippen LogP contribution < -0.4 is 5.32 Å². The van der Waals surface area contributed by atoms with Crippen molar-refractivity contribution in [3.63, 3.8) is 0 Å². The fourth-order valence-electron chi connectivity index (χ4n) is 7.31. The van der Waals surface area contributed by atoms with Gasteiger partial charge in [0.25, 0.3) is 5.91 Å². The minimum atomic E-state index is 0.0237. The maximum absolute atomic E-state index is 13.1. The van der Waals surface area contributed by atoms with Crippen LogP contribution in [-0.4, -0.2) is 35.8 Å². The number of hydrogen-bond acceptors (Lipinski definition) is 2. The summed E-state index contributed by atoms with van der Waals surface area (Å²) in [7, 11) is 0. The number of amides is 2. The van der Waals surface area contributed by atoms with E-state index in [2.05, 4.69) is 12.2 Å². The van der Waals surface area contributed by atoms with Gasteiger partial charge in [0, 0.05) is 35.6 Å². The molecule has 5 aliphatic rings. The van der Waals surface area contributed by atoms with E-state index in [-0.39, 0.29) is 23.8 Å². The third-order valence-corrected chi connectivity index (χ3v) is 8.86. The van der Waals surface area contributed by atoms with Gasteiger partial charge in [0.15, 0.2) is 0 Å². The number of hydrogen-bond donors (Lipinski definition) is 1. The van der Waals surface area contributed by atoms with Crippen molar-refractivity contribution in [2.24, 2.45) is 29.1 Å². The molecule has 4 aliphatic carbocycles. The van der Waals surface area contributed by atoms with Crippen LogP contribution >= 0.6 is 11.6 Å². The normalized spacial score (nSPS) is 34.1. The zero-order valence-electron chi connectivity index (χ0n) is 17.9. The van der Waals surface area contributed by atoms with Crippen molar-refractivity contribution in [1.82, 2.24) is 10.2 Å². The van der Waals surface area contributed by atoms with Crippen molar-refractivity contribution in [3.8, 4) is 0 Å². The lowest BCUT2D eigenvalue weighted by Crippen LogP contribution is -2.56. The summed E-state index contributed by atoms with van der Waals surface area (Å²) >= 11 is 5.93. The lowest BCUT2D eigenvalue weighted by Gasteiger charge is -2.59. The van der Waals surface area contributed by atoms with E-state index in [1.807, 2.05) is 4.90 Å². The molecule has 1 atom stereocenters. The predicted octanol–water partition coefficient (Wildman–Crippen LogP) is 4.91. The van der Waals surface area contributed by atoms with Crippen LogP contribution in [0.15, 0.2) is 24.3 Å². The minimum Gasteiger partial charge on any atom is -0.353 e. The lowest BCUT2D eigenvalue weighted by molar-refractivity contribution is -0.131. The number of likely N-dealkylation sites (tertiary alicyclic amines) is 1. The molecule has 0 unspecified atom stereocenters. The molecule has 1 saturated heterocycles. The smallest absolute Gasteiger partial charge is 0.253 e. The summed E-state index contributed by atoms with van der Waals surface area (Å²) in [5, 5.41) is 4.07. The predicted molar refractivity (Wildman–Crippen MR) is 118 cm³/mol. The number of rotatable bonds is 4. The summed E-state index contributed by atoms with van der Waals surface area (Å²) in [6.07, 6.45) is 9.73. The van der Waals surface area contributed by atoms with Gasteiger partial charge in [-0.3, -0.25) is 9.59 Å². The molecule has 6 rings (SSSR count). The second-order valence-electron chi connectivity index (χ2n) is 10.6. The molecule has 1 aromatic carbocycles. The molecule has 1 heterocycles. The second-order valence-corrected chi connectivity index (χ2v) is 11.0. The van der Waals surface area contributed by atoms with Gasteiger partial charge >= 0.3 is 0 Å². The zero-order valence-corrected chi connectivity index (χ0v) is 18.7. The Morgan fingerprint density at radius 3 is 2.07 bits per heavy atom. The molecule has 4 nitrogen and oxygen atoms in total. The van der Waals surface area contributed by atoms with Crippen molar-refractivity contribution in [3.05, 3.63) is 34.9 Å². The molecule has 0 aromatic heterocycles. The summed E-state index contributed by atoms with van der Waals surface area (Å²) in [5.41, 5.74) is 1.01. The van der Waals surface area contributed by atoms with Crippen molar-refractivity contribution in [2.75, 3.05) is 13.1 Å². The largest absolute Gasteiger partial charge is 0.353 e. The van der Waals surface area contributed by atoms with Gasteiger partial charge in [-0.2, -0.15) is 0 Å². The van der Waals surface area contributed by atoms with Crippen LogP contribution in [0, 0.1) is 29.1 Å². The minimum absolute atomic E-state index is 0.0237. The van der Waals surface area contributed by atoms with E-state index in [4.69, 9.17) is 11.6 Å². The first-order valence-electron chi connectivity index (χ1n) is 11.8. The van der Waals surface area contributed by atoms with Gasteiger partial charge in [-0.15, -0.1) is 0 Å². The van der Waals surface area contributed by atoms with Crippen LogP contribution in [0.2, 0.25) is 5.02 Å². The molecule has 1 N–H and O–H groups in total. The fraction of sp³-hybridized carbons (Fsp3) is 0.680. The molecule has 5 fully saturated rings. The highest BCUT2D eigenvalue weighted by Crippen LogP contribution is 2.61. The molecule has 1 aromatic rings. The Bertz CT molecular complexity index is 778. The quantitative estimate of drug-likeness (QED) is 0.740. The molecule has 2 amide bonds. The SMILES string of the molecule is C[C@@H](NC(=O)C1CCN(C(=O)c2ccc(Cl)cc2)CC1)C12CC3CC(CC(C3)C1)C2. The van der Waals surface area contributed by atoms with Crippen molar-refractivity contribution in [2.45, 2.75) is 64.3 Å². The van der Waals surface area contributed by atoms with Gasteiger partial charge in [0.05, 0.1) is 0 Å². The molecular weight excluding hydrogens is 396 g/mol. The number of benzene rings is 1. The van der Waals surface area contributed by atoms with Crippen LogP contribution in [-0.2, 0) is 4.79 Å². The average Bonchev–Trinajstić information content (AvgIpc) is 2.73. The zero-order chi connectivity index (χ0) is 20.9. The van der Waals surface area contributed by atoms with E-state index in [9.17, 15) is 9.59 Å². The van der Waals surface area contributed by atoms with E-state index < -0.39 is 0 Å². The van der Waals surface area contributed by atoms with Crippen LogP contribution in [0.3, 0.4) is 0 Å². The van der Waals surface area contributed by atoms with Crippen molar-refractivity contribution >= 4 is 23.4 Å². The Balaban J connectivity index is 1.15. The van der Waals surface area contributed by atoms with Crippen molar-refractivity contribution in [1.29, 1.82) is 0 Å². The Morgan fingerprint density at radius 2 is 1.53 bits per heavy atom. The Kier molecular flexibility index (Phi) is 5.33. The summed E-state index contributed by atoms with van der Waals surface area (Å²) in [6, 6.07) is 7.32. The number of nitrogens with one attached hydrogen (secondary N) is 1. The number of carbonyl (C=O) groups is 2. The number of carbonyl (C=O) groups excluding carboxylic acids is 2. The third kappa shape index (κ3) is 3.77. The molecule has 4 bridgehead atoms. The van der Waals surface area contributed by atoms with Gasteiger partial charge in [-0.05, 0) is 106 Å². The molecule has 162 valence electrons. The van der Waals surface area contributed by atoms with Gasteiger partial charge in [0.1, 0.15) is 0 Å². The van der Waals surface area contributed by atoms with E-state index >= 15 is 0 Å². The molecular formula is C25H33ClN2O2. The third-order valence-electron chi connectivity index (χ3n) is 8.61. The van der Waals surface area contributed by atoms with Crippen LogP contribution in [0.4, 0.5) is 0 Å². The summed E-state index contributed by atoms with van der Waals surface area (Å²) < 4.78 is 0. The highest BCUT2D eigenvalue weighted by atomic mass is 35.5. The van der Waals surface area contributed by atoms with Crippen molar-refractivity contribution < 1.29 is 9.59 Å². The second kappa shape index (κ2) is 7.85. The topological polar surface area (TPSA) is 49.4 Å². The van der Waals surface area contributed by atoms with E-state index in [1.165, 1.54) is 38.5 Å². The Morgan fingerprint density at radius 1 is 1.00 bits per heavy atom. The average molecular weight is 429 g/mol. The fourth-order valence-corrected chi connectivity index (χ4v) is 7.44. The van der Waals surface area contributed by atoms with Crippen LogP contribution in [0.1, 0.15) is 68.6 Å². The number of nitrogens with zero attached hydrogens (tertiary/aromatic N) is 1. The van der Waals surface area contributed by atoms with E-state index in [1.54, 1.807) is 24.3 Å². The van der Waals surface area contributed by atoms with Gasteiger partial charge in [0.2, 0.25) is 5.91 Å². The molecule has 1 aliphatic heterocycles. The molecule has 5 heteroatoms. The maximum Gasteiger partial charge on any atom is 0.253 e. The molecule has 30 heavy (non-hydrogen) atoms. The first kappa shape index (κ1) is 20.4. The maximum atomic E-state index is 13.1. The monoisotopic (exact) mass is 428 g/mol. The van der Waals surface area contributed by atoms with Gasteiger partial charge in [-0.25, -0.2) is 0 Å². The van der Waals surface area contributed by atoms with E-state index in [0.29, 0.717) is 29.1 Å². The van der Waals surface area contributed by atoms with Gasteiger partial charge in [-0.1, -0.05) is 11.6 Å². The summed E-state index contributed by atoms with van der Waals surface area (Å²) in [6.45, 7) is 3.54. The Labute approximate surface area is 184 Å².